The summed E-state index contributed by atoms with van der Waals surface area (Å²) < 4.78 is 0. The zero-order chi connectivity index (χ0) is 14.7. The normalized spacial score (nSPS) is 30.4. The number of primary amides is 1. The number of nitrogens with one attached hydrogen (secondary N) is 1. The number of nitrogens with two attached hydrogens (primary N) is 1. The Bertz CT molecular complexity index is 482. The Hall–Kier alpha value is -1.39. The zero-order valence-corrected chi connectivity index (χ0v) is 12.6. The number of carbonyl (C=O) groups excluding carboxylic acids is 1. The number of nitrogens with zero attached hydrogens (tertiary/aromatic N) is 1. The van der Waals surface area contributed by atoms with Crippen LogP contribution in [0.25, 0.3) is 0 Å². The highest BCUT2D eigenvalue weighted by molar-refractivity contribution is 5.85. The third-order valence-corrected chi connectivity index (χ3v) is 5.10. The van der Waals surface area contributed by atoms with E-state index in [1.165, 1.54) is 5.56 Å². The van der Waals surface area contributed by atoms with Gasteiger partial charge in [-0.15, -0.1) is 0 Å². The van der Waals surface area contributed by atoms with Crippen LogP contribution in [-0.2, 0) is 11.3 Å². The maximum Gasteiger partial charge on any atom is 0.238 e. The minimum absolute atomic E-state index is 0.159. The summed E-state index contributed by atoms with van der Waals surface area (Å²) in [6, 6.07) is 10.5. The van der Waals surface area contributed by atoms with Crippen LogP contribution in [0.3, 0.4) is 0 Å². The van der Waals surface area contributed by atoms with Gasteiger partial charge in [0.25, 0.3) is 0 Å². The molecule has 0 aromatic heterocycles. The van der Waals surface area contributed by atoms with E-state index < -0.39 is 5.54 Å². The highest BCUT2D eigenvalue weighted by Gasteiger charge is 2.47. The van der Waals surface area contributed by atoms with Crippen molar-refractivity contribution in [1.29, 1.82) is 0 Å². The van der Waals surface area contributed by atoms with Crippen LogP contribution in [0, 0.1) is 5.92 Å². The summed E-state index contributed by atoms with van der Waals surface area (Å²) in [5, 5.41) is 3.46. The van der Waals surface area contributed by atoms with Crippen molar-refractivity contribution in [2.75, 3.05) is 19.6 Å². The fourth-order valence-electron chi connectivity index (χ4n) is 3.91. The summed E-state index contributed by atoms with van der Waals surface area (Å²) in [6.07, 6.45) is 4.20. The average Bonchev–Trinajstić information content (AvgIpc) is 2.98. The topological polar surface area (TPSA) is 58.4 Å². The second-order valence-corrected chi connectivity index (χ2v) is 6.43. The first-order valence-corrected chi connectivity index (χ1v) is 8.02. The first-order valence-electron chi connectivity index (χ1n) is 8.02. The summed E-state index contributed by atoms with van der Waals surface area (Å²) in [7, 11) is 0. The molecule has 4 nitrogen and oxygen atoms in total. The van der Waals surface area contributed by atoms with Crippen molar-refractivity contribution < 1.29 is 4.79 Å². The van der Waals surface area contributed by atoms with Crippen molar-refractivity contribution in [2.45, 2.75) is 37.8 Å². The number of amides is 1. The molecule has 4 heteroatoms. The Labute approximate surface area is 126 Å². The van der Waals surface area contributed by atoms with Gasteiger partial charge in [0.15, 0.2) is 0 Å². The molecule has 2 saturated heterocycles. The van der Waals surface area contributed by atoms with Gasteiger partial charge >= 0.3 is 0 Å². The van der Waals surface area contributed by atoms with Gasteiger partial charge in [0.05, 0.1) is 0 Å². The number of benzene rings is 1. The van der Waals surface area contributed by atoms with E-state index in [1.54, 1.807) is 0 Å². The Morgan fingerprint density at radius 1 is 1.33 bits per heavy atom. The monoisotopic (exact) mass is 287 g/mol. The van der Waals surface area contributed by atoms with E-state index in [2.05, 4.69) is 34.5 Å². The summed E-state index contributed by atoms with van der Waals surface area (Å²) in [4.78, 5) is 14.5. The van der Waals surface area contributed by atoms with E-state index in [0.717, 1.165) is 51.9 Å². The Kier molecular flexibility index (Phi) is 4.27. The highest BCUT2D eigenvalue weighted by atomic mass is 16.1. The van der Waals surface area contributed by atoms with Crippen LogP contribution < -0.4 is 11.1 Å². The predicted molar refractivity (Wildman–Crippen MR) is 83.6 cm³/mol. The Morgan fingerprint density at radius 2 is 2.14 bits per heavy atom. The molecule has 2 aliphatic heterocycles. The molecule has 2 atom stereocenters. The number of hydrogen-bond acceptors (Lipinski definition) is 3. The lowest BCUT2D eigenvalue weighted by Gasteiger charge is -2.40. The van der Waals surface area contributed by atoms with Gasteiger partial charge in [-0.1, -0.05) is 30.3 Å². The zero-order valence-electron chi connectivity index (χ0n) is 12.6. The summed E-state index contributed by atoms with van der Waals surface area (Å²) in [5.74, 6) is 0.188. The lowest BCUT2D eigenvalue weighted by molar-refractivity contribution is -0.127. The number of rotatable bonds is 4. The molecule has 3 rings (SSSR count). The van der Waals surface area contributed by atoms with Crippen molar-refractivity contribution in [3.05, 3.63) is 35.9 Å². The quantitative estimate of drug-likeness (QED) is 0.882. The second kappa shape index (κ2) is 6.16. The lowest BCUT2D eigenvalue weighted by Crippen LogP contribution is -2.62. The molecule has 1 aromatic rings. The third kappa shape index (κ3) is 2.97. The molecular formula is C17H25N3O. The van der Waals surface area contributed by atoms with E-state index in [-0.39, 0.29) is 5.91 Å². The van der Waals surface area contributed by atoms with E-state index in [0.29, 0.717) is 5.92 Å². The number of carbonyl (C=O) groups is 1. The number of piperidine rings is 1. The predicted octanol–water partition coefficient (Wildman–Crippen LogP) is 1.51. The lowest BCUT2D eigenvalue weighted by atomic mass is 9.76. The molecule has 0 saturated carbocycles. The molecule has 1 unspecified atom stereocenters. The molecule has 0 bridgehead atoms. The summed E-state index contributed by atoms with van der Waals surface area (Å²) >= 11 is 0. The summed E-state index contributed by atoms with van der Waals surface area (Å²) in [6.45, 7) is 3.89. The Balaban J connectivity index is 1.66. The van der Waals surface area contributed by atoms with Gasteiger partial charge in [-0.2, -0.15) is 0 Å². The van der Waals surface area contributed by atoms with Crippen LogP contribution in [0.1, 0.15) is 31.2 Å². The first kappa shape index (κ1) is 14.5. The molecule has 0 aliphatic carbocycles. The molecular weight excluding hydrogens is 262 g/mol. The first-order chi connectivity index (χ1) is 10.2. The molecule has 3 N–H and O–H groups in total. The van der Waals surface area contributed by atoms with Crippen molar-refractivity contribution in [1.82, 2.24) is 10.2 Å². The van der Waals surface area contributed by atoms with Gasteiger partial charge in [0.1, 0.15) is 5.54 Å². The van der Waals surface area contributed by atoms with Crippen LogP contribution in [0.15, 0.2) is 30.3 Å². The molecule has 2 fully saturated rings. The summed E-state index contributed by atoms with van der Waals surface area (Å²) in [5.41, 5.74) is 6.63. The fraction of sp³-hybridized carbons (Fsp3) is 0.588. The van der Waals surface area contributed by atoms with Crippen LogP contribution in [0.5, 0.6) is 0 Å². The smallest absolute Gasteiger partial charge is 0.238 e. The van der Waals surface area contributed by atoms with Gasteiger partial charge in [0, 0.05) is 13.1 Å². The molecule has 2 aliphatic rings. The highest BCUT2D eigenvalue weighted by Crippen LogP contribution is 2.34. The van der Waals surface area contributed by atoms with Crippen LogP contribution in [0.4, 0.5) is 0 Å². The maximum absolute atomic E-state index is 12.1. The van der Waals surface area contributed by atoms with E-state index in [9.17, 15) is 4.79 Å². The van der Waals surface area contributed by atoms with Crippen molar-refractivity contribution in [3.8, 4) is 0 Å². The van der Waals surface area contributed by atoms with Crippen LogP contribution in [0.2, 0.25) is 0 Å². The average molecular weight is 287 g/mol. The van der Waals surface area contributed by atoms with Gasteiger partial charge in [-0.3, -0.25) is 9.69 Å². The number of likely N-dealkylation sites (tertiary alicyclic amines) is 1. The third-order valence-electron chi connectivity index (χ3n) is 5.10. The van der Waals surface area contributed by atoms with Gasteiger partial charge in [-0.25, -0.2) is 0 Å². The van der Waals surface area contributed by atoms with Crippen molar-refractivity contribution in [2.24, 2.45) is 11.7 Å². The van der Waals surface area contributed by atoms with Crippen LogP contribution in [-0.4, -0.2) is 36.0 Å². The van der Waals surface area contributed by atoms with Crippen LogP contribution >= 0.6 is 0 Å². The van der Waals surface area contributed by atoms with Gasteiger partial charge < -0.3 is 11.1 Å². The maximum atomic E-state index is 12.1. The molecule has 0 spiro atoms. The molecule has 1 amide bonds. The fourth-order valence-corrected chi connectivity index (χ4v) is 3.91. The molecule has 21 heavy (non-hydrogen) atoms. The van der Waals surface area contributed by atoms with Crippen molar-refractivity contribution in [3.63, 3.8) is 0 Å². The van der Waals surface area contributed by atoms with Gasteiger partial charge in [-0.05, 0) is 50.3 Å². The molecule has 1 aromatic carbocycles. The van der Waals surface area contributed by atoms with E-state index in [1.807, 2.05) is 6.07 Å². The van der Waals surface area contributed by atoms with E-state index in [4.69, 9.17) is 5.73 Å². The van der Waals surface area contributed by atoms with Gasteiger partial charge in [0.2, 0.25) is 5.91 Å². The second-order valence-electron chi connectivity index (χ2n) is 6.43. The largest absolute Gasteiger partial charge is 0.368 e. The molecule has 114 valence electrons. The molecule has 0 radical (unpaired) electrons. The minimum atomic E-state index is -0.469. The number of hydrogen-bond donors (Lipinski definition) is 2. The standard InChI is InChI=1S/C17H25N3O/c18-16(21)17(9-4-5-10-19-17)15-8-11-20(13-15)12-14-6-2-1-3-7-14/h1-3,6-7,15,19H,4-5,8-13H2,(H2,18,21)/t15-,17?/m0/s1. The molecule has 2 heterocycles. The Morgan fingerprint density at radius 3 is 2.81 bits per heavy atom. The SMILES string of the molecule is NC(=O)C1([C@H]2CCN(Cc3ccccc3)C2)CCCCN1. The van der Waals surface area contributed by atoms with E-state index >= 15 is 0 Å². The minimum Gasteiger partial charge on any atom is -0.368 e. The van der Waals surface area contributed by atoms with Crippen molar-refractivity contribution >= 4 is 5.91 Å².